The van der Waals surface area contributed by atoms with Crippen LogP contribution in [0, 0.1) is 18.8 Å². The van der Waals surface area contributed by atoms with E-state index in [1.54, 1.807) is 19.2 Å². The van der Waals surface area contributed by atoms with Gasteiger partial charge in [-0.15, -0.1) is 0 Å². The van der Waals surface area contributed by atoms with Crippen molar-refractivity contribution in [2.75, 3.05) is 27.2 Å². The molecule has 0 atom stereocenters. The average molecular weight is 288 g/mol. The van der Waals surface area contributed by atoms with Crippen molar-refractivity contribution in [2.24, 2.45) is 5.73 Å². The lowest BCUT2D eigenvalue weighted by Crippen LogP contribution is -2.29. The smallest absolute Gasteiger partial charge is 0.307 e. The number of nitrogens with two attached hydrogens (primary N) is 1. The quantitative estimate of drug-likeness (QED) is 0.661. The Bertz CT molecular complexity index is 585. The van der Waals surface area contributed by atoms with Crippen LogP contribution in [0.5, 0.6) is 0 Å². The second-order valence-corrected chi connectivity index (χ2v) is 4.59. The number of rotatable bonds is 4. The molecule has 0 radical (unpaired) electrons. The third-order valence-corrected chi connectivity index (χ3v) is 3.04. The van der Waals surface area contributed by atoms with Crippen LogP contribution in [0.15, 0.2) is 18.2 Å². The number of esters is 1. The van der Waals surface area contributed by atoms with E-state index in [1.807, 2.05) is 13.0 Å². The molecule has 0 aliphatic carbocycles. The Kier molecular flexibility index (Phi) is 6.44. The highest BCUT2D eigenvalue weighted by atomic mass is 16.5. The van der Waals surface area contributed by atoms with Crippen molar-refractivity contribution in [1.82, 2.24) is 4.90 Å². The third-order valence-electron chi connectivity index (χ3n) is 3.04. The van der Waals surface area contributed by atoms with Gasteiger partial charge in [0.2, 0.25) is 0 Å². The van der Waals surface area contributed by atoms with Gasteiger partial charge in [-0.05, 0) is 24.6 Å². The maximum atomic E-state index is 12.3. The number of methoxy groups -OCH3 is 1. The Morgan fingerprint density at radius 3 is 2.71 bits per heavy atom. The van der Waals surface area contributed by atoms with Crippen LogP contribution in [0.25, 0.3) is 0 Å². The largest absolute Gasteiger partial charge is 0.469 e. The van der Waals surface area contributed by atoms with Crippen LogP contribution in [-0.4, -0.2) is 44.0 Å². The predicted octanol–water partition coefficient (Wildman–Crippen LogP) is 0.940. The van der Waals surface area contributed by atoms with Gasteiger partial charge in [0.1, 0.15) is 0 Å². The van der Waals surface area contributed by atoms with Crippen LogP contribution in [0.1, 0.15) is 27.9 Å². The van der Waals surface area contributed by atoms with Crippen molar-refractivity contribution in [1.29, 1.82) is 0 Å². The van der Waals surface area contributed by atoms with E-state index in [-0.39, 0.29) is 24.8 Å². The molecule has 0 unspecified atom stereocenters. The van der Waals surface area contributed by atoms with Crippen molar-refractivity contribution in [2.45, 2.75) is 13.3 Å². The molecular formula is C16H20N2O3. The topological polar surface area (TPSA) is 72.6 Å². The summed E-state index contributed by atoms with van der Waals surface area (Å²) in [5.41, 5.74) is 7.67. The van der Waals surface area contributed by atoms with Crippen LogP contribution < -0.4 is 5.73 Å². The highest BCUT2D eigenvalue weighted by Gasteiger charge is 2.14. The van der Waals surface area contributed by atoms with E-state index >= 15 is 0 Å². The first-order valence-electron chi connectivity index (χ1n) is 6.61. The van der Waals surface area contributed by atoms with Crippen molar-refractivity contribution in [3.63, 3.8) is 0 Å². The minimum Gasteiger partial charge on any atom is -0.469 e. The summed E-state index contributed by atoms with van der Waals surface area (Å²) in [6.07, 6.45) is 0.171. The molecule has 0 spiro atoms. The van der Waals surface area contributed by atoms with E-state index in [0.717, 1.165) is 11.1 Å². The molecule has 1 amide bonds. The van der Waals surface area contributed by atoms with Gasteiger partial charge in [0, 0.05) is 24.7 Å². The Morgan fingerprint density at radius 2 is 2.10 bits per heavy atom. The summed E-state index contributed by atoms with van der Waals surface area (Å²) in [6.45, 7) is 2.51. The SMILES string of the molecule is COC(=O)CCN(C)C(=O)c1ccc(C)c(C#CCN)c1. The van der Waals surface area contributed by atoms with Crippen LogP contribution >= 0.6 is 0 Å². The highest BCUT2D eigenvalue weighted by molar-refractivity contribution is 5.94. The molecule has 0 heterocycles. The number of hydrogen-bond acceptors (Lipinski definition) is 4. The van der Waals surface area contributed by atoms with Crippen LogP contribution in [0.3, 0.4) is 0 Å². The number of ether oxygens (including phenoxy) is 1. The number of hydrogen-bond donors (Lipinski definition) is 1. The molecule has 0 fully saturated rings. The molecule has 5 heteroatoms. The number of amides is 1. The first-order valence-corrected chi connectivity index (χ1v) is 6.61. The first kappa shape index (κ1) is 16.7. The van der Waals surface area contributed by atoms with Gasteiger partial charge in [0.25, 0.3) is 5.91 Å². The van der Waals surface area contributed by atoms with Crippen LogP contribution in [0.4, 0.5) is 0 Å². The van der Waals surface area contributed by atoms with E-state index < -0.39 is 0 Å². The summed E-state index contributed by atoms with van der Waals surface area (Å²) >= 11 is 0. The molecule has 0 bridgehead atoms. The number of nitrogens with zero attached hydrogens (tertiary/aromatic N) is 1. The predicted molar refractivity (Wildman–Crippen MR) is 80.7 cm³/mol. The zero-order chi connectivity index (χ0) is 15.8. The van der Waals surface area contributed by atoms with E-state index in [1.165, 1.54) is 12.0 Å². The molecule has 0 aliphatic rings. The molecule has 21 heavy (non-hydrogen) atoms. The van der Waals surface area contributed by atoms with Gasteiger partial charge in [-0.3, -0.25) is 9.59 Å². The molecule has 1 rings (SSSR count). The lowest BCUT2D eigenvalue weighted by Gasteiger charge is -2.17. The number of benzene rings is 1. The Balaban J connectivity index is 2.84. The van der Waals surface area contributed by atoms with Crippen molar-refractivity contribution in [3.05, 3.63) is 34.9 Å². The van der Waals surface area contributed by atoms with Gasteiger partial charge in [-0.2, -0.15) is 0 Å². The van der Waals surface area contributed by atoms with Crippen LogP contribution in [0.2, 0.25) is 0 Å². The molecule has 0 aliphatic heterocycles. The van der Waals surface area contributed by atoms with Gasteiger partial charge in [0.05, 0.1) is 20.1 Å². The van der Waals surface area contributed by atoms with Crippen molar-refractivity contribution >= 4 is 11.9 Å². The molecule has 112 valence electrons. The Morgan fingerprint density at radius 1 is 1.38 bits per heavy atom. The first-order chi connectivity index (χ1) is 9.99. The third kappa shape index (κ3) is 4.93. The van der Waals surface area contributed by atoms with E-state index in [0.29, 0.717) is 12.1 Å². The summed E-state index contributed by atoms with van der Waals surface area (Å²) in [5, 5.41) is 0. The average Bonchev–Trinajstić information content (AvgIpc) is 2.50. The van der Waals surface area contributed by atoms with Crippen molar-refractivity contribution in [3.8, 4) is 11.8 Å². The molecule has 5 nitrogen and oxygen atoms in total. The van der Waals surface area contributed by atoms with E-state index in [4.69, 9.17) is 5.73 Å². The van der Waals surface area contributed by atoms with Crippen LogP contribution in [-0.2, 0) is 9.53 Å². The number of carbonyl (C=O) groups is 2. The number of aryl methyl sites for hydroxylation is 1. The minimum absolute atomic E-state index is 0.158. The monoisotopic (exact) mass is 288 g/mol. The van der Waals surface area contributed by atoms with Gasteiger partial charge in [-0.25, -0.2) is 0 Å². The standard InChI is InChI=1S/C16H20N2O3/c1-12-6-7-14(11-13(12)5-4-9-17)16(20)18(2)10-8-15(19)21-3/h6-7,11H,8-10,17H2,1-3H3. The molecule has 0 aromatic heterocycles. The molecule has 0 saturated carbocycles. The normalized spacial score (nSPS) is 9.52. The summed E-state index contributed by atoms with van der Waals surface area (Å²) in [4.78, 5) is 24.9. The number of carbonyl (C=O) groups excluding carboxylic acids is 2. The van der Waals surface area contributed by atoms with E-state index in [2.05, 4.69) is 16.6 Å². The summed E-state index contributed by atoms with van der Waals surface area (Å²) in [6, 6.07) is 5.34. The highest BCUT2D eigenvalue weighted by Crippen LogP contribution is 2.12. The van der Waals surface area contributed by atoms with Gasteiger partial charge < -0.3 is 15.4 Å². The fraction of sp³-hybridized carbons (Fsp3) is 0.375. The molecule has 2 N–H and O–H groups in total. The fourth-order valence-corrected chi connectivity index (χ4v) is 1.72. The second-order valence-electron chi connectivity index (χ2n) is 4.59. The summed E-state index contributed by atoms with van der Waals surface area (Å²) in [7, 11) is 2.98. The summed E-state index contributed by atoms with van der Waals surface area (Å²) in [5.74, 6) is 5.23. The molecule has 1 aromatic carbocycles. The molecular weight excluding hydrogens is 268 g/mol. The minimum atomic E-state index is -0.340. The zero-order valence-electron chi connectivity index (χ0n) is 12.6. The lowest BCUT2D eigenvalue weighted by molar-refractivity contribution is -0.140. The fourth-order valence-electron chi connectivity index (χ4n) is 1.72. The second kappa shape index (κ2) is 8.08. The lowest BCUT2D eigenvalue weighted by atomic mass is 10.0. The van der Waals surface area contributed by atoms with Crippen molar-refractivity contribution < 1.29 is 14.3 Å². The Labute approximate surface area is 125 Å². The zero-order valence-corrected chi connectivity index (χ0v) is 12.6. The maximum Gasteiger partial charge on any atom is 0.307 e. The molecule has 0 saturated heterocycles. The summed E-state index contributed by atoms with van der Waals surface area (Å²) < 4.78 is 4.56. The van der Waals surface area contributed by atoms with Gasteiger partial charge in [-0.1, -0.05) is 17.9 Å². The van der Waals surface area contributed by atoms with E-state index in [9.17, 15) is 9.59 Å². The van der Waals surface area contributed by atoms with Gasteiger partial charge >= 0.3 is 5.97 Å². The van der Waals surface area contributed by atoms with Gasteiger partial charge in [0.15, 0.2) is 0 Å². The maximum absolute atomic E-state index is 12.3. The Hall–Kier alpha value is -2.32. The molecule has 1 aromatic rings.